The quantitative estimate of drug-likeness (QED) is 0.634. The van der Waals surface area contributed by atoms with E-state index in [4.69, 9.17) is 4.74 Å². The molecule has 0 saturated carbocycles. The smallest absolute Gasteiger partial charge is 0.351 e. The van der Waals surface area contributed by atoms with Crippen molar-refractivity contribution >= 4 is 23.2 Å². The maximum Gasteiger partial charge on any atom is 0.351 e. The fraction of sp³-hybridized carbons (Fsp3) is 0.190. The van der Waals surface area contributed by atoms with E-state index in [-0.39, 0.29) is 12.4 Å². The van der Waals surface area contributed by atoms with Gasteiger partial charge in [-0.2, -0.15) is 0 Å². The Morgan fingerprint density at radius 2 is 1.82 bits per heavy atom. The molecule has 1 heterocycles. The van der Waals surface area contributed by atoms with Gasteiger partial charge in [-0.3, -0.25) is 4.79 Å². The SMILES string of the molecule is Cc1nc(-c2ccccc2)sc1C(=O)O[C@@H](C)C(=O)NCc1ccc(F)cc1. The molecule has 3 aromatic rings. The molecular weight excluding hydrogens is 379 g/mol. The summed E-state index contributed by atoms with van der Waals surface area (Å²) >= 11 is 1.23. The summed E-state index contributed by atoms with van der Waals surface area (Å²) < 4.78 is 18.2. The van der Waals surface area contributed by atoms with Gasteiger partial charge in [-0.25, -0.2) is 14.2 Å². The fourth-order valence-electron chi connectivity index (χ4n) is 2.49. The molecular formula is C21H19FN2O3S. The highest BCUT2D eigenvalue weighted by molar-refractivity contribution is 7.17. The van der Waals surface area contributed by atoms with Gasteiger partial charge in [0, 0.05) is 12.1 Å². The number of halogens is 1. The van der Waals surface area contributed by atoms with Crippen molar-refractivity contribution in [3.8, 4) is 10.6 Å². The summed E-state index contributed by atoms with van der Waals surface area (Å²) in [5, 5.41) is 3.39. The van der Waals surface area contributed by atoms with E-state index in [0.717, 1.165) is 16.1 Å². The van der Waals surface area contributed by atoms with Crippen LogP contribution in [0, 0.1) is 12.7 Å². The van der Waals surface area contributed by atoms with Crippen LogP contribution in [0.25, 0.3) is 10.6 Å². The van der Waals surface area contributed by atoms with Gasteiger partial charge in [-0.05, 0) is 31.5 Å². The third-order valence-corrected chi connectivity index (χ3v) is 5.22. The molecule has 0 aliphatic rings. The van der Waals surface area contributed by atoms with E-state index < -0.39 is 18.0 Å². The number of esters is 1. The predicted molar refractivity (Wildman–Crippen MR) is 105 cm³/mol. The van der Waals surface area contributed by atoms with Crippen LogP contribution >= 0.6 is 11.3 Å². The van der Waals surface area contributed by atoms with E-state index >= 15 is 0 Å². The molecule has 144 valence electrons. The molecule has 0 aliphatic heterocycles. The van der Waals surface area contributed by atoms with Gasteiger partial charge in [0.05, 0.1) is 5.69 Å². The van der Waals surface area contributed by atoms with Crippen molar-refractivity contribution in [1.29, 1.82) is 0 Å². The first-order chi connectivity index (χ1) is 13.4. The summed E-state index contributed by atoms with van der Waals surface area (Å²) in [5.41, 5.74) is 2.23. The van der Waals surface area contributed by atoms with E-state index in [1.165, 1.54) is 30.4 Å². The number of hydrogen-bond acceptors (Lipinski definition) is 5. The Bertz CT molecular complexity index is 971. The Hall–Kier alpha value is -3.06. The summed E-state index contributed by atoms with van der Waals surface area (Å²) in [5.74, 6) is -1.35. The van der Waals surface area contributed by atoms with E-state index in [2.05, 4.69) is 10.3 Å². The van der Waals surface area contributed by atoms with Crippen molar-refractivity contribution in [2.24, 2.45) is 0 Å². The van der Waals surface area contributed by atoms with Crippen LogP contribution in [-0.2, 0) is 16.1 Å². The molecule has 0 spiro atoms. The van der Waals surface area contributed by atoms with Gasteiger partial charge in [-0.1, -0.05) is 42.5 Å². The first-order valence-corrected chi connectivity index (χ1v) is 9.51. The van der Waals surface area contributed by atoms with Gasteiger partial charge in [-0.15, -0.1) is 11.3 Å². The number of ether oxygens (including phenoxy) is 1. The molecule has 0 fully saturated rings. The van der Waals surface area contributed by atoms with E-state index in [1.807, 2.05) is 30.3 Å². The topological polar surface area (TPSA) is 68.3 Å². The summed E-state index contributed by atoms with van der Waals surface area (Å²) in [6.07, 6.45) is -0.963. The average molecular weight is 398 g/mol. The molecule has 0 bridgehead atoms. The second-order valence-electron chi connectivity index (χ2n) is 6.19. The molecule has 0 saturated heterocycles. The number of aryl methyl sites for hydroxylation is 1. The van der Waals surface area contributed by atoms with Gasteiger partial charge in [0.2, 0.25) is 0 Å². The van der Waals surface area contributed by atoms with Crippen LogP contribution in [0.15, 0.2) is 54.6 Å². The first-order valence-electron chi connectivity index (χ1n) is 8.70. The second-order valence-corrected chi connectivity index (χ2v) is 7.19. The summed E-state index contributed by atoms with van der Waals surface area (Å²) in [6, 6.07) is 15.3. The molecule has 28 heavy (non-hydrogen) atoms. The molecule has 1 atom stereocenters. The second kappa shape index (κ2) is 8.75. The number of aromatic nitrogens is 1. The van der Waals surface area contributed by atoms with E-state index in [1.54, 1.807) is 19.1 Å². The van der Waals surface area contributed by atoms with Gasteiger partial charge in [0.1, 0.15) is 15.7 Å². The zero-order valence-corrected chi connectivity index (χ0v) is 16.3. The van der Waals surface area contributed by atoms with Crippen LogP contribution in [0.3, 0.4) is 0 Å². The van der Waals surface area contributed by atoms with Crippen LogP contribution in [0.2, 0.25) is 0 Å². The Kier molecular flexibility index (Phi) is 6.16. The van der Waals surface area contributed by atoms with Crippen LogP contribution in [0.1, 0.15) is 27.9 Å². The number of amides is 1. The number of hydrogen-bond donors (Lipinski definition) is 1. The third kappa shape index (κ3) is 4.80. The molecule has 2 aromatic carbocycles. The number of benzene rings is 2. The predicted octanol–water partition coefficient (Wildman–Crippen LogP) is 4.12. The largest absolute Gasteiger partial charge is 0.448 e. The maximum absolute atomic E-state index is 12.9. The number of nitrogens with one attached hydrogen (secondary N) is 1. The van der Waals surface area contributed by atoms with Gasteiger partial charge in [0.25, 0.3) is 5.91 Å². The molecule has 7 heteroatoms. The third-order valence-electron chi connectivity index (χ3n) is 4.04. The number of carbonyl (C=O) groups is 2. The van der Waals surface area contributed by atoms with Crippen molar-refractivity contribution in [2.45, 2.75) is 26.5 Å². The lowest BCUT2D eigenvalue weighted by Gasteiger charge is -2.13. The average Bonchev–Trinajstić information content (AvgIpc) is 3.09. The molecule has 1 aromatic heterocycles. The Morgan fingerprint density at radius 3 is 2.50 bits per heavy atom. The molecule has 0 radical (unpaired) electrons. The highest BCUT2D eigenvalue weighted by Gasteiger charge is 2.23. The normalized spacial score (nSPS) is 11.7. The molecule has 3 rings (SSSR count). The van der Waals surface area contributed by atoms with Crippen molar-refractivity contribution in [2.75, 3.05) is 0 Å². The lowest BCUT2D eigenvalue weighted by molar-refractivity contribution is -0.129. The van der Waals surface area contributed by atoms with Crippen LogP contribution in [-0.4, -0.2) is 23.0 Å². The molecule has 5 nitrogen and oxygen atoms in total. The van der Waals surface area contributed by atoms with Crippen molar-refractivity contribution in [1.82, 2.24) is 10.3 Å². The van der Waals surface area contributed by atoms with E-state index in [0.29, 0.717) is 10.6 Å². The van der Waals surface area contributed by atoms with Gasteiger partial charge >= 0.3 is 5.97 Å². The monoisotopic (exact) mass is 398 g/mol. The van der Waals surface area contributed by atoms with E-state index in [9.17, 15) is 14.0 Å². The van der Waals surface area contributed by atoms with Crippen LogP contribution < -0.4 is 5.32 Å². The lowest BCUT2D eigenvalue weighted by atomic mass is 10.2. The Balaban J connectivity index is 1.60. The first kappa shape index (κ1) is 19.7. The van der Waals surface area contributed by atoms with Crippen molar-refractivity contribution < 1.29 is 18.7 Å². The van der Waals surface area contributed by atoms with Crippen LogP contribution in [0.5, 0.6) is 0 Å². The zero-order valence-electron chi connectivity index (χ0n) is 15.4. The number of rotatable bonds is 6. The van der Waals surface area contributed by atoms with Crippen LogP contribution in [0.4, 0.5) is 4.39 Å². The molecule has 1 amide bonds. The molecule has 1 N–H and O–H groups in total. The fourth-order valence-corrected chi connectivity index (χ4v) is 3.45. The van der Waals surface area contributed by atoms with Gasteiger partial charge < -0.3 is 10.1 Å². The molecule has 0 aliphatic carbocycles. The Labute approximate surface area is 166 Å². The zero-order chi connectivity index (χ0) is 20.1. The Morgan fingerprint density at radius 1 is 1.14 bits per heavy atom. The van der Waals surface area contributed by atoms with Gasteiger partial charge in [0.15, 0.2) is 6.10 Å². The highest BCUT2D eigenvalue weighted by Crippen LogP contribution is 2.28. The highest BCUT2D eigenvalue weighted by atomic mass is 32.1. The van der Waals surface area contributed by atoms with Crippen molar-refractivity contribution in [3.05, 3.63) is 76.5 Å². The van der Waals surface area contributed by atoms with Crippen molar-refractivity contribution in [3.63, 3.8) is 0 Å². The minimum Gasteiger partial charge on any atom is -0.448 e. The minimum atomic E-state index is -0.963. The maximum atomic E-state index is 12.9. The lowest BCUT2D eigenvalue weighted by Crippen LogP contribution is -2.35. The summed E-state index contributed by atoms with van der Waals surface area (Å²) in [4.78, 5) is 29.4. The standard InChI is InChI=1S/C21H19FN2O3S/c1-13-18(28-20(24-13)16-6-4-3-5-7-16)21(26)27-14(2)19(25)23-12-15-8-10-17(22)11-9-15/h3-11,14H,12H2,1-2H3,(H,23,25)/t14-/m0/s1. The molecule has 0 unspecified atom stereocenters. The summed E-state index contributed by atoms with van der Waals surface area (Å²) in [7, 11) is 0. The number of thiazole rings is 1. The summed E-state index contributed by atoms with van der Waals surface area (Å²) in [6.45, 7) is 3.46. The minimum absolute atomic E-state index is 0.221. The number of carbonyl (C=O) groups excluding carboxylic acids is 2. The number of nitrogens with zero attached hydrogens (tertiary/aromatic N) is 1.